The molecule has 1 aromatic carbocycles. The second kappa shape index (κ2) is 11.9. The summed E-state index contributed by atoms with van der Waals surface area (Å²) in [7, 11) is 0. The van der Waals surface area contributed by atoms with E-state index in [-0.39, 0.29) is 48.5 Å². The molecule has 1 heterocycles. The zero-order valence-electron chi connectivity index (χ0n) is 17.7. The molecule has 0 bridgehead atoms. The molecule has 0 saturated carbocycles. The zero-order chi connectivity index (χ0) is 22.8. The Hall–Kier alpha value is -3.07. The molecule has 1 aromatic rings. The van der Waals surface area contributed by atoms with Crippen molar-refractivity contribution in [2.24, 2.45) is 4.99 Å². The lowest BCUT2D eigenvalue weighted by Gasteiger charge is -2.06. The predicted molar refractivity (Wildman–Crippen MR) is 118 cm³/mol. The summed E-state index contributed by atoms with van der Waals surface area (Å²) in [6, 6.07) is 6.78. The minimum atomic E-state index is -0.735. The highest BCUT2D eigenvalue weighted by atomic mass is 32.2. The molecule has 1 amide bonds. The predicted octanol–water partition coefficient (Wildman–Crippen LogP) is 3.82. The number of carbonyl (C=O) groups is 3. The van der Waals surface area contributed by atoms with E-state index in [4.69, 9.17) is 14.2 Å². The monoisotopic (exact) mass is 447 g/mol. The summed E-state index contributed by atoms with van der Waals surface area (Å²) in [4.78, 5) is 40.0. The van der Waals surface area contributed by atoms with Crippen LogP contribution in [-0.4, -0.2) is 47.8 Å². The molecular formula is C22H25NO7S. The van der Waals surface area contributed by atoms with E-state index in [0.717, 1.165) is 11.8 Å². The third-order valence-electron chi connectivity index (χ3n) is 3.90. The molecule has 0 spiro atoms. The molecule has 166 valence electrons. The average molecular weight is 448 g/mol. The van der Waals surface area contributed by atoms with Crippen molar-refractivity contribution in [2.45, 2.75) is 33.6 Å². The number of ether oxygens (including phenoxy) is 3. The average Bonchev–Trinajstić information content (AvgIpc) is 3.02. The van der Waals surface area contributed by atoms with Crippen molar-refractivity contribution in [3.63, 3.8) is 0 Å². The topological polar surface area (TPSA) is 111 Å². The summed E-state index contributed by atoms with van der Waals surface area (Å²) in [5, 5.41) is 10.7. The van der Waals surface area contributed by atoms with Crippen molar-refractivity contribution < 1.29 is 33.7 Å². The molecule has 1 N–H and O–H groups in total. The molecular weight excluding hydrogens is 422 g/mol. The van der Waals surface area contributed by atoms with Crippen molar-refractivity contribution in [2.75, 3.05) is 19.8 Å². The zero-order valence-corrected chi connectivity index (χ0v) is 18.5. The number of hydrogen-bond donors (Lipinski definition) is 1. The Morgan fingerprint density at radius 1 is 1.06 bits per heavy atom. The number of nitrogens with zero attached hydrogens (tertiary/aromatic N) is 1. The van der Waals surface area contributed by atoms with Crippen LogP contribution in [-0.2, 0) is 23.9 Å². The Bertz CT molecular complexity index is 916. The summed E-state index contributed by atoms with van der Waals surface area (Å²) in [6.07, 6.45) is 2.52. The van der Waals surface area contributed by atoms with Crippen molar-refractivity contribution in [1.82, 2.24) is 0 Å². The normalized spacial score (nSPS) is 16.0. The van der Waals surface area contributed by atoms with E-state index in [1.165, 1.54) is 0 Å². The van der Waals surface area contributed by atoms with Gasteiger partial charge in [-0.05, 0) is 44.0 Å². The highest BCUT2D eigenvalue weighted by Crippen LogP contribution is 2.39. The van der Waals surface area contributed by atoms with Crippen LogP contribution < -0.4 is 4.74 Å². The van der Waals surface area contributed by atoms with E-state index in [1.807, 2.05) is 6.92 Å². The second-order valence-corrected chi connectivity index (χ2v) is 7.31. The van der Waals surface area contributed by atoms with Gasteiger partial charge in [0.15, 0.2) is 6.61 Å². The lowest BCUT2D eigenvalue weighted by atomic mass is 10.1. The molecule has 2 rings (SSSR count). The molecule has 8 nitrogen and oxygen atoms in total. The van der Waals surface area contributed by atoms with Gasteiger partial charge >= 0.3 is 11.9 Å². The lowest BCUT2D eigenvalue weighted by Crippen LogP contribution is -2.14. The number of aliphatic hydroxyl groups is 1. The number of aliphatic hydroxyl groups excluding tert-OH is 1. The molecule has 0 unspecified atom stereocenters. The van der Waals surface area contributed by atoms with Crippen LogP contribution in [0.5, 0.6) is 5.75 Å². The molecule has 0 aliphatic carbocycles. The molecule has 0 saturated heterocycles. The quantitative estimate of drug-likeness (QED) is 0.569. The van der Waals surface area contributed by atoms with Crippen LogP contribution in [0.1, 0.15) is 39.2 Å². The maximum Gasteiger partial charge on any atom is 0.344 e. The molecule has 1 aliphatic rings. The number of amides is 1. The Morgan fingerprint density at radius 2 is 1.74 bits per heavy atom. The van der Waals surface area contributed by atoms with E-state index in [9.17, 15) is 19.5 Å². The van der Waals surface area contributed by atoms with E-state index in [2.05, 4.69) is 4.99 Å². The van der Waals surface area contributed by atoms with Gasteiger partial charge in [-0.25, -0.2) is 14.6 Å². The van der Waals surface area contributed by atoms with E-state index in [0.29, 0.717) is 22.6 Å². The summed E-state index contributed by atoms with van der Waals surface area (Å²) in [5.74, 6) is -1.37. The molecule has 0 aromatic heterocycles. The lowest BCUT2D eigenvalue weighted by molar-refractivity contribution is -0.145. The maximum atomic E-state index is 12.3. The Balaban J connectivity index is 2.23. The van der Waals surface area contributed by atoms with Crippen LogP contribution in [0.2, 0.25) is 0 Å². The minimum Gasteiger partial charge on any atom is -0.506 e. The number of carbonyl (C=O) groups excluding carboxylic acids is 3. The van der Waals surface area contributed by atoms with Gasteiger partial charge in [-0.1, -0.05) is 30.8 Å². The summed E-state index contributed by atoms with van der Waals surface area (Å²) in [5.41, 5.74) is 0.596. The fourth-order valence-corrected chi connectivity index (χ4v) is 3.56. The molecule has 0 fully saturated rings. The second-order valence-electron chi connectivity index (χ2n) is 6.28. The summed E-state index contributed by atoms with van der Waals surface area (Å²) < 4.78 is 15.2. The summed E-state index contributed by atoms with van der Waals surface area (Å²) >= 11 is 1.03. The van der Waals surface area contributed by atoms with E-state index >= 15 is 0 Å². The first-order chi connectivity index (χ1) is 14.9. The Kier molecular flexibility index (Phi) is 9.33. The van der Waals surface area contributed by atoms with E-state index < -0.39 is 11.9 Å². The van der Waals surface area contributed by atoms with Crippen molar-refractivity contribution in [3.8, 4) is 5.75 Å². The van der Waals surface area contributed by atoms with Gasteiger partial charge in [0.25, 0.3) is 0 Å². The fourth-order valence-electron chi connectivity index (χ4n) is 2.53. The van der Waals surface area contributed by atoms with Crippen molar-refractivity contribution in [1.29, 1.82) is 0 Å². The molecule has 0 radical (unpaired) electrons. The SMILES string of the molecule is CCCC(=O)N=C1S/C(=C\c2ccc(OCC(=O)OCC)cc2)C(O)=C1C(=O)OCC. The number of rotatable bonds is 9. The minimum absolute atomic E-state index is 0.114. The highest BCUT2D eigenvalue weighted by molar-refractivity contribution is 8.18. The van der Waals surface area contributed by atoms with Crippen molar-refractivity contribution in [3.05, 3.63) is 46.1 Å². The molecule has 1 aliphatic heterocycles. The first kappa shape index (κ1) is 24.2. The van der Waals surface area contributed by atoms with Crippen LogP contribution in [0.25, 0.3) is 6.08 Å². The Morgan fingerprint density at radius 3 is 2.35 bits per heavy atom. The van der Waals surface area contributed by atoms with Gasteiger partial charge < -0.3 is 19.3 Å². The molecule has 0 atom stereocenters. The number of aliphatic imine (C=N–C) groups is 1. The smallest absolute Gasteiger partial charge is 0.344 e. The van der Waals surface area contributed by atoms with Crippen molar-refractivity contribution >= 4 is 40.7 Å². The van der Waals surface area contributed by atoms with Gasteiger partial charge in [0.05, 0.1) is 18.1 Å². The maximum absolute atomic E-state index is 12.3. The van der Waals surface area contributed by atoms with E-state index in [1.54, 1.807) is 44.2 Å². The number of esters is 2. The van der Waals surface area contributed by atoms with Crippen LogP contribution in [0.3, 0.4) is 0 Å². The van der Waals surface area contributed by atoms with Crippen LogP contribution >= 0.6 is 11.8 Å². The van der Waals surface area contributed by atoms with Crippen LogP contribution in [0.15, 0.2) is 45.5 Å². The third kappa shape index (κ3) is 6.99. The fraction of sp³-hybridized carbons (Fsp3) is 0.364. The standard InChI is InChI=1S/C22H25NO7S/c1-4-7-17(24)23-21-19(22(27)29-6-3)20(26)16(31-21)12-14-8-10-15(11-9-14)30-13-18(25)28-5-2/h8-12,26H,4-7,13H2,1-3H3/b16-12-,23-21?. The van der Waals surface area contributed by atoms with Gasteiger partial charge in [0.1, 0.15) is 22.1 Å². The number of benzene rings is 1. The first-order valence-electron chi connectivity index (χ1n) is 9.90. The van der Waals surface area contributed by atoms with Gasteiger partial charge in [-0.2, -0.15) is 0 Å². The van der Waals surface area contributed by atoms with Gasteiger partial charge in [0, 0.05) is 6.42 Å². The molecule has 31 heavy (non-hydrogen) atoms. The van der Waals surface area contributed by atoms with Gasteiger partial charge in [-0.15, -0.1) is 0 Å². The number of hydrogen-bond acceptors (Lipinski definition) is 8. The van der Waals surface area contributed by atoms with Crippen LogP contribution in [0.4, 0.5) is 0 Å². The van der Waals surface area contributed by atoms with Gasteiger partial charge in [0.2, 0.25) is 5.91 Å². The molecule has 9 heteroatoms. The van der Waals surface area contributed by atoms with Gasteiger partial charge in [-0.3, -0.25) is 4.79 Å². The first-order valence-corrected chi connectivity index (χ1v) is 10.7. The highest BCUT2D eigenvalue weighted by Gasteiger charge is 2.33. The Labute approximate surface area is 185 Å². The largest absolute Gasteiger partial charge is 0.506 e. The third-order valence-corrected chi connectivity index (χ3v) is 4.92. The van der Waals surface area contributed by atoms with Crippen LogP contribution in [0, 0.1) is 0 Å². The number of thioether (sulfide) groups is 1. The summed E-state index contributed by atoms with van der Waals surface area (Å²) in [6.45, 7) is 5.44.